The van der Waals surface area contributed by atoms with Gasteiger partial charge in [0.15, 0.2) is 28.8 Å². The Balaban J connectivity index is 2.05. The second-order valence-corrected chi connectivity index (χ2v) is 5.48. The molecule has 1 heterocycles. The average Bonchev–Trinajstić information content (AvgIpc) is 2.56. The van der Waals surface area contributed by atoms with Crippen LogP contribution in [0.3, 0.4) is 0 Å². The molecule has 0 saturated carbocycles. The molecule has 0 amide bonds. The van der Waals surface area contributed by atoms with E-state index >= 15 is 0 Å². The van der Waals surface area contributed by atoms with Gasteiger partial charge in [0.2, 0.25) is 11.5 Å². The van der Waals surface area contributed by atoms with Gasteiger partial charge in [-0.25, -0.2) is 0 Å². The summed E-state index contributed by atoms with van der Waals surface area (Å²) < 4.78 is 15.6. The lowest BCUT2D eigenvalue weighted by atomic mass is 9.94. The maximum Gasteiger partial charge on any atom is 0.203 e. The number of hydrogen-bond acceptors (Lipinski definition) is 8. The number of rotatable bonds is 3. The third-order valence-electron chi connectivity index (χ3n) is 3.99. The molecule has 3 rings (SSSR count). The Bertz CT molecular complexity index is 858. The van der Waals surface area contributed by atoms with Gasteiger partial charge in [-0.15, -0.1) is 0 Å². The summed E-state index contributed by atoms with van der Waals surface area (Å²) in [5.41, 5.74) is 0.307. The van der Waals surface area contributed by atoms with Crippen molar-refractivity contribution in [3.63, 3.8) is 0 Å². The number of ether oxygens (including phenoxy) is 3. The van der Waals surface area contributed by atoms with Crippen molar-refractivity contribution in [1.29, 1.82) is 0 Å². The highest BCUT2D eigenvalue weighted by Gasteiger charge is 2.34. The Morgan fingerprint density at radius 3 is 2.36 bits per heavy atom. The Labute approximate surface area is 142 Å². The number of ketones is 1. The van der Waals surface area contributed by atoms with E-state index in [1.54, 1.807) is 0 Å². The quantitative estimate of drug-likeness (QED) is 0.622. The van der Waals surface area contributed by atoms with Crippen molar-refractivity contribution in [1.82, 2.24) is 0 Å². The molecule has 4 N–H and O–H groups in total. The summed E-state index contributed by atoms with van der Waals surface area (Å²) in [4.78, 5) is 12.5. The van der Waals surface area contributed by atoms with Crippen molar-refractivity contribution in [3.05, 3.63) is 29.3 Å². The van der Waals surface area contributed by atoms with Gasteiger partial charge in [0.05, 0.1) is 20.6 Å². The fourth-order valence-electron chi connectivity index (χ4n) is 2.78. The van der Waals surface area contributed by atoms with Gasteiger partial charge in [0.1, 0.15) is 17.4 Å². The number of methoxy groups -OCH3 is 2. The predicted molar refractivity (Wildman–Crippen MR) is 85.0 cm³/mol. The molecule has 0 aliphatic carbocycles. The van der Waals surface area contributed by atoms with Gasteiger partial charge in [0.25, 0.3) is 0 Å². The van der Waals surface area contributed by atoms with Crippen molar-refractivity contribution in [2.75, 3.05) is 14.2 Å². The van der Waals surface area contributed by atoms with Crippen LogP contribution in [0.4, 0.5) is 0 Å². The standard InChI is InChI=1S/C17H16O8/c1-23-13-4-7(3-9(19)15(13)21)11-5-8(18)14-12(25-11)6-10(20)17(24-2)16(14)22/h3-4,6,11,19-22H,5H2,1-2H3. The molecule has 25 heavy (non-hydrogen) atoms. The third kappa shape index (κ3) is 2.61. The molecule has 0 saturated heterocycles. The second kappa shape index (κ2) is 5.97. The summed E-state index contributed by atoms with van der Waals surface area (Å²) in [6.45, 7) is 0. The summed E-state index contributed by atoms with van der Waals surface area (Å²) in [5.74, 6) is -2.33. The van der Waals surface area contributed by atoms with Crippen LogP contribution in [0.1, 0.15) is 28.4 Å². The van der Waals surface area contributed by atoms with Crippen molar-refractivity contribution < 1.29 is 39.4 Å². The molecule has 2 aromatic rings. The van der Waals surface area contributed by atoms with E-state index in [1.807, 2.05) is 0 Å². The highest BCUT2D eigenvalue weighted by Crippen LogP contribution is 2.49. The van der Waals surface area contributed by atoms with E-state index in [9.17, 15) is 25.2 Å². The zero-order chi connectivity index (χ0) is 18.3. The summed E-state index contributed by atoms with van der Waals surface area (Å²) >= 11 is 0. The second-order valence-electron chi connectivity index (χ2n) is 5.48. The van der Waals surface area contributed by atoms with Gasteiger partial charge in [-0.05, 0) is 12.1 Å². The smallest absolute Gasteiger partial charge is 0.203 e. The van der Waals surface area contributed by atoms with Crippen LogP contribution in [0.15, 0.2) is 18.2 Å². The fourth-order valence-corrected chi connectivity index (χ4v) is 2.78. The van der Waals surface area contributed by atoms with E-state index in [1.165, 1.54) is 32.4 Å². The minimum atomic E-state index is -0.799. The van der Waals surface area contributed by atoms with Gasteiger partial charge in [-0.3, -0.25) is 4.79 Å². The highest BCUT2D eigenvalue weighted by atomic mass is 16.5. The van der Waals surface area contributed by atoms with Crippen molar-refractivity contribution in [3.8, 4) is 40.2 Å². The van der Waals surface area contributed by atoms with Crippen molar-refractivity contribution in [2.45, 2.75) is 12.5 Å². The molecule has 1 aliphatic rings. The van der Waals surface area contributed by atoms with Gasteiger partial charge < -0.3 is 34.6 Å². The Morgan fingerprint density at radius 2 is 1.72 bits per heavy atom. The van der Waals surface area contributed by atoms with Gasteiger partial charge in [-0.2, -0.15) is 0 Å². The number of phenolic OH excluding ortho intramolecular Hbond substituents is 4. The van der Waals surface area contributed by atoms with Crippen molar-refractivity contribution in [2.24, 2.45) is 0 Å². The van der Waals surface area contributed by atoms with E-state index in [-0.39, 0.29) is 35.0 Å². The Hall–Kier alpha value is -3.29. The molecule has 0 aromatic heterocycles. The predicted octanol–water partition coefficient (Wildman–Crippen LogP) is 2.23. The lowest BCUT2D eigenvalue weighted by molar-refractivity contribution is 0.0842. The first-order chi connectivity index (χ1) is 11.9. The molecule has 8 nitrogen and oxygen atoms in total. The van der Waals surface area contributed by atoms with Gasteiger partial charge in [0, 0.05) is 11.6 Å². The number of fused-ring (bicyclic) bond motifs is 1. The zero-order valence-corrected chi connectivity index (χ0v) is 13.4. The van der Waals surface area contributed by atoms with Gasteiger partial charge >= 0.3 is 0 Å². The molecule has 2 aromatic carbocycles. The molecule has 0 fully saturated rings. The molecule has 0 radical (unpaired) electrons. The van der Waals surface area contributed by atoms with Crippen LogP contribution in [0.2, 0.25) is 0 Å². The van der Waals surface area contributed by atoms with Crippen LogP contribution in [-0.4, -0.2) is 40.4 Å². The molecular formula is C17H16O8. The first kappa shape index (κ1) is 16.6. The van der Waals surface area contributed by atoms with Crippen LogP contribution in [0.25, 0.3) is 0 Å². The molecule has 1 unspecified atom stereocenters. The van der Waals surface area contributed by atoms with Crippen LogP contribution < -0.4 is 14.2 Å². The van der Waals surface area contributed by atoms with E-state index < -0.39 is 29.1 Å². The number of carbonyl (C=O) groups excluding carboxylic acids is 1. The average molecular weight is 348 g/mol. The SMILES string of the molecule is COc1cc(C2CC(=O)c3c(cc(O)c(OC)c3O)O2)cc(O)c1O. The summed E-state index contributed by atoms with van der Waals surface area (Å²) in [7, 11) is 2.58. The normalized spacial score (nSPS) is 16.1. The fraction of sp³-hybridized carbons (Fsp3) is 0.235. The summed E-state index contributed by atoms with van der Waals surface area (Å²) in [5, 5.41) is 39.5. The minimum Gasteiger partial charge on any atom is -0.504 e. The summed E-state index contributed by atoms with van der Waals surface area (Å²) in [6.07, 6.45) is -0.922. The molecule has 132 valence electrons. The Kier molecular flexibility index (Phi) is 3.96. The molecule has 0 spiro atoms. The lowest BCUT2D eigenvalue weighted by Gasteiger charge is -2.27. The third-order valence-corrected chi connectivity index (χ3v) is 3.99. The zero-order valence-electron chi connectivity index (χ0n) is 13.4. The van der Waals surface area contributed by atoms with E-state index in [0.29, 0.717) is 5.56 Å². The Morgan fingerprint density at radius 1 is 1.00 bits per heavy atom. The monoisotopic (exact) mass is 348 g/mol. The number of benzene rings is 2. The summed E-state index contributed by atoms with van der Waals surface area (Å²) in [6, 6.07) is 3.86. The molecule has 0 bridgehead atoms. The number of Topliss-reactive ketones (excluding diaryl/α,β-unsaturated/α-hetero) is 1. The number of hydrogen-bond donors (Lipinski definition) is 4. The van der Waals surface area contributed by atoms with Crippen LogP contribution in [-0.2, 0) is 0 Å². The van der Waals surface area contributed by atoms with Crippen LogP contribution >= 0.6 is 0 Å². The maximum atomic E-state index is 12.5. The number of phenols is 4. The lowest BCUT2D eigenvalue weighted by Crippen LogP contribution is -2.20. The molecule has 8 heteroatoms. The first-order valence-electron chi connectivity index (χ1n) is 7.30. The topological polar surface area (TPSA) is 126 Å². The van der Waals surface area contributed by atoms with Gasteiger partial charge in [-0.1, -0.05) is 0 Å². The number of carbonyl (C=O) groups is 1. The molecule has 1 aliphatic heterocycles. The minimum absolute atomic E-state index is 0.0106. The number of aromatic hydroxyl groups is 4. The van der Waals surface area contributed by atoms with E-state index in [2.05, 4.69) is 0 Å². The highest BCUT2D eigenvalue weighted by molar-refractivity contribution is 6.03. The van der Waals surface area contributed by atoms with Crippen LogP contribution in [0, 0.1) is 0 Å². The largest absolute Gasteiger partial charge is 0.504 e. The molecular weight excluding hydrogens is 332 g/mol. The van der Waals surface area contributed by atoms with Crippen molar-refractivity contribution >= 4 is 5.78 Å². The van der Waals surface area contributed by atoms with Crippen LogP contribution in [0.5, 0.6) is 40.2 Å². The van der Waals surface area contributed by atoms with E-state index in [4.69, 9.17) is 14.2 Å². The first-order valence-corrected chi connectivity index (χ1v) is 7.30. The maximum absolute atomic E-state index is 12.5. The molecule has 1 atom stereocenters. The van der Waals surface area contributed by atoms with E-state index in [0.717, 1.165) is 0 Å².